The van der Waals surface area contributed by atoms with Crippen LogP contribution in [0.2, 0.25) is 5.02 Å². The number of fused-ring (bicyclic) bond motifs is 1. The Balaban J connectivity index is 1.76. The number of anilines is 1. The van der Waals surface area contributed by atoms with Gasteiger partial charge in [0.25, 0.3) is 0 Å². The van der Waals surface area contributed by atoms with E-state index < -0.39 is 0 Å². The highest BCUT2D eigenvalue weighted by molar-refractivity contribution is 7.16. The molecule has 0 amide bonds. The van der Waals surface area contributed by atoms with Gasteiger partial charge in [0.2, 0.25) is 4.96 Å². The molecule has 0 saturated heterocycles. The minimum Gasteiger partial charge on any atom is -0.378 e. The average Bonchev–Trinajstić information content (AvgIpc) is 2.97. The lowest BCUT2D eigenvalue weighted by molar-refractivity contribution is 0.719. The molecule has 0 aliphatic heterocycles. The van der Waals surface area contributed by atoms with Gasteiger partial charge in [-0.2, -0.15) is 9.61 Å². The minimum absolute atomic E-state index is 0.309. The van der Waals surface area contributed by atoms with Crippen LogP contribution in [-0.4, -0.2) is 19.8 Å². The number of rotatable bonds is 4. The van der Waals surface area contributed by atoms with Crippen LogP contribution >= 0.6 is 22.9 Å². The first-order valence-corrected chi connectivity index (χ1v) is 7.53. The summed E-state index contributed by atoms with van der Waals surface area (Å²) in [6, 6.07) is 7.61. The Hall–Kier alpha value is -1.66. The van der Waals surface area contributed by atoms with Gasteiger partial charge < -0.3 is 5.32 Å². The van der Waals surface area contributed by atoms with Crippen molar-refractivity contribution in [1.29, 1.82) is 0 Å². The Morgan fingerprint density at radius 3 is 2.70 bits per heavy atom. The van der Waals surface area contributed by atoms with E-state index >= 15 is 0 Å². The van der Waals surface area contributed by atoms with E-state index in [9.17, 15) is 0 Å². The summed E-state index contributed by atoms with van der Waals surface area (Å²) >= 11 is 7.41. The second-order valence-corrected chi connectivity index (χ2v) is 6.24. The van der Waals surface area contributed by atoms with Crippen LogP contribution in [0.4, 0.5) is 5.69 Å². The van der Waals surface area contributed by atoms with Crippen molar-refractivity contribution >= 4 is 33.6 Å². The standard InChI is InChI=1S/C13H14ClN5S/c1-8(2)12-16-17-13-19(12)18-11(20-13)7-15-10-5-3-9(14)4-6-10/h3-6,8,15H,7H2,1-2H3. The number of nitrogens with one attached hydrogen (secondary N) is 1. The summed E-state index contributed by atoms with van der Waals surface area (Å²) in [7, 11) is 0. The van der Waals surface area contributed by atoms with E-state index in [1.165, 1.54) is 0 Å². The summed E-state index contributed by atoms with van der Waals surface area (Å²) in [6.07, 6.45) is 0. The topological polar surface area (TPSA) is 55.1 Å². The smallest absolute Gasteiger partial charge is 0.234 e. The highest BCUT2D eigenvalue weighted by Gasteiger charge is 2.13. The van der Waals surface area contributed by atoms with Gasteiger partial charge in [0.1, 0.15) is 5.01 Å². The van der Waals surface area contributed by atoms with Gasteiger partial charge in [0.05, 0.1) is 6.54 Å². The number of hydrogen-bond acceptors (Lipinski definition) is 5. The van der Waals surface area contributed by atoms with Crippen LogP contribution in [0.1, 0.15) is 30.6 Å². The van der Waals surface area contributed by atoms with Gasteiger partial charge in [0, 0.05) is 16.6 Å². The zero-order valence-corrected chi connectivity index (χ0v) is 12.7. The number of hydrogen-bond donors (Lipinski definition) is 1. The number of benzene rings is 1. The molecular formula is C13H14ClN5S. The van der Waals surface area contributed by atoms with Crippen molar-refractivity contribution in [2.75, 3.05) is 5.32 Å². The Morgan fingerprint density at radius 2 is 2.00 bits per heavy atom. The first-order chi connectivity index (χ1) is 9.63. The maximum Gasteiger partial charge on any atom is 0.234 e. The number of aromatic nitrogens is 4. The molecule has 104 valence electrons. The van der Waals surface area contributed by atoms with Crippen LogP contribution in [0.5, 0.6) is 0 Å². The molecule has 3 rings (SSSR count). The van der Waals surface area contributed by atoms with Gasteiger partial charge in [0.15, 0.2) is 5.82 Å². The molecular weight excluding hydrogens is 294 g/mol. The molecule has 0 aliphatic carbocycles. The molecule has 0 spiro atoms. The van der Waals surface area contributed by atoms with Gasteiger partial charge >= 0.3 is 0 Å². The summed E-state index contributed by atoms with van der Waals surface area (Å²) in [5, 5.41) is 17.9. The van der Waals surface area contributed by atoms with Crippen LogP contribution in [-0.2, 0) is 6.54 Å². The molecule has 5 nitrogen and oxygen atoms in total. The van der Waals surface area contributed by atoms with Crippen molar-refractivity contribution in [2.45, 2.75) is 26.3 Å². The van der Waals surface area contributed by atoms with Crippen LogP contribution in [0.15, 0.2) is 24.3 Å². The van der Waals surface area contributed by atoms with Crippen LogP contribution < -0.4 is 5.32 Å². The normalized spacial score (nSPS) is 11.4. The Bertz CT molecular complexity index is 716. The molecule has 0 unspecified atom stereocenters. The van der Waals surface area contributed by atoms with Crippen molar-refractivity contribution < 1.29 is 0 Å². The fourth-order valence-electron chi connectivity index (χ4n) is 1.85. The van der Waals surface area contributed by atoms with E-state index in [1.54, 1.807) is 11.3 Å². The zero-order chi connectivity index (χ0) is 14.1. The summed E-state index contributed by atoms with van der Waals surface area (Å²) in [5.41, 5.74) is 1.02. The van der Waals surface area contributed by atoms with E-state index in [1.807, 2.05) is 28.8 Å². The maximum atomic E-state index is 5.86. The Morgan fingerprint density at radius 1 is 1.25 bits per heavy atom. The fourth-order valence-corrected chi connectivity index (χ4v) is 2.75. The summed E-state index contributed by atoms with van der Waals surface area (Å²) in [6.45, 7) is 4.83. The molecule has 2 heterocycles. The van der Waals surface area contributed by atoms with Gasteiger partial charge in [-0.25, -0.2) is 0 Å². The quantitative estimate of drug-likeness (QED) is 0.800. The molecule has 1 aromatic carbocycles. The highest BCUT2D eigenvalue weighted by atomic mass is 35.5. The predicted octanol–water partition coefficient (Wildman–Crippen LogP) is 3.57. The molecule has 7 heteroatoms. The lowest BCUT2D eigenvalue weighted by Gasteiger charge is -2.03. The van der Waals surface area contributed by atoms with E-state index in [-0.39, 0.29) is 0 Å². The third-order valence-electron chi connectivity index (χ3n) is 2.86. The van der Waals surface area contributed by atoms with Crippen molar-refractivity contribution in [3.8, 4) is 0 Å². The molecule has 0 atom stereocenters. The zero-order valence-electron chi connectivity index (χ0n) is 11.2. The van der Waals surface area contributed by atoms with Crippen molar-refractivity contribution in [3.63, 3.8) is 0 Å². The lowest BCUT2D eigenvalue weighted by Crippen LogP contribution is -2.02. The van der Waals surface area contributed by atoms with Gasteiger partial charge in [-0.05, 0) is 24.3 Å². The number of halogens is 1. The monoisotopic (exact) mass is 307 g/mol. The van der Waals surface area contributed by atoms with Crippen molar-refractivity contribution in [3.05, 3.63) is 40.1 Å². The molecule has 20 heavy (non-hydrogen) atoms. The number of nitrogens with zero attached hydrogens (tertiary/aromatic N) is 4. The second kappa shape index (κ2) is 5.38. The summed E-state index contributed by atoms with van der Waals surface area (Å²) in [5.74, 6) is 1.21. The fraction of sp³-hybridized carbons (Fsp3) is 0.308. The predicted molar refractivity (Wildman–Crippen MR) is 81.5 cm³/mol. The first kappa shape index (κ1) is 13.3. The largest absolute Gasteiger partial charge is 0.378 e. The summed E-state index contributed by atoms with van der Waals surface area (Å²) in [4.78, 5) is 0.835. The summed E-state index contributed by atoms with van der Waals surface area (Å²) < 4.78 is 1.83. The maximum absolute atomic E-state index is 5.86. The molecule has 0 radical (unpaired) electrons. The minimum atomic E-state index is 0.309. The molecule has 0 aliphatic rings. The third kappa shape index (κ3) is 2.62. The molecule has 2 aromatic heterocycles. The van der Waals surface area contributed by atoms with E-state index in [0.29, 0.717) is 12.5 Å². The molecule has 1 N–H and O–H groups in total. The van der Waals surface area contributed by atoms with Crippen LogP contribution in [0.25, 0.3) is 4.96 Å². The second-order valence-electron chi connectivity index (χ2n) is 4.76. The van der Waals surface area contributed by atoms with Gasteiger partial charge in [-0.15, -0.1) is 10.2 Å². The Labute approximate surface area is 125 Å². The van der Waals surface area contributed by atoms with Crippen molar-refractivity contribution in [2.24, 2.45) is 0 Å². The molecule has 0 bridgehead atoms. The molecule has 0 saturated carbocycles. The Kier molecular flexibility index (Phi) is 3.58. The molecule has 0 fully saturated rings. The average molecular weight is 308 g/mol. The van der Waals surface area contributed by atoms with Gasteiger partial charge in [-0.1, -0.05) is 36.8 Å². The third-order valence-corrected chi connectivity index (χ3v) is 4.01. The lowest BCUT2D eigenvalue weighted by atomic mass is 10.2. The SMILES string of the molecule is CC(C)c1nnc2sc(CNc3ccc(Cl)cc3)nn12. The highest BCUT2D eigenvalue weighted by Crippen LogP contribution is 2.20. The van der Waals surface area contributed by atoms with Gasteiger partial charge in [-0.3, -0.25) is 0 Å². The van der Waals surface area contributed by atoms with Crippen LogP contribution in [0.3, 0.4) is 0 Å². The van der Waals surface area contributed by atoms with E-state index in [0.717, 1.165) is 26.5 Å². The van der Waals surface area contributed by atoms with E-state index in [2.05, 4.69) is 34.5 Å². The van der Waals surface area contributed by atoms with E-state index in [4.69, 9.17) is 11.6 Å². The van der Waals surface area contributed by atoms with Crippen molar-refractivity contribution in [1.82, 2.24) is 19.8 Å². The molecule has 3 aromatic rings. The first-order valence-electron chi connectivity index (χ1n) is 6.34. The van der Waals surface area contributed by atoms with Crippen LogP contribution in [0, 0.1) is 0 Å².